The van der Waals surface area contributed by atoms with E-state index >= 15 is 0 Å². The van der Waals surface area contributed by atoms with Crippen LogP contribution in [0.2, 0.25) is 5.02 Å². The largest absolute Gasteiger partial charge is 0.493 e. The first-order chi connectivity index (χ1) is 14.6. The van der Waals surface area contributed by atoms with Gasteiger partial charge in [-0.15, -0.1) is 0 Å². The zero-order valence-electron chi connectivity index (χ0n) is 16.1. The van der Waals surface area contributed by atoms with Gasteiger partial charge >= 0.3 is 0 Å². The number of nitrogens with one attached hydrogen (secondary N) is 2. The number of amides is 2. The third-order valence-electron chi connectivity index (χ3n) is 4.12. The predicted molar refractivity (Wildman–Crippen MR) is 115 cm³/mol. The van der Waals surface area contributed by atoms with Crippen molar-refractivity contribution in [2.75, 3.05) is 13.2 Å². The molecule has 0 aliphatic heterocycles. The van der Waals surface area contributed by atoms with E-state index in [-0.39, 0.29) is 6.61 Å². The molecule has 7 heteroatoms. The molecule has 0 unspecified atom stereocenters. The average molecular weight is 425 g/mol. The molecule has 0 saturated carbocycles. The lowest BCUT2D eigenvalue weighted by molar-refractivity contribution is -0.123. The van der Waals surface area contributed by atoms with E-state index in [9.17, 15) is 9.59 Å². The van der Waals surface area contributed by atoms with Gasteiger partial charge in [0.1, 0.15) is 11.5 Å². The van der Waals surface area contributed by atoms with Crippen LogP contribution < -0.4 is 20.3 Å². The number of halogens is 1. The highest BCUT2D eigenvalue weighted by Crippen LogP contribution is 2.15. The van der Waals surface area contributed by atoms with Crippen LogP contribution in [-0.4, -0.2) is 25.0 Å². The molecule has 2 amide bonds. The highest BCUT2D eigenvalue weighted by atomic mass is 35.5. The van der Waals surface area contributed by atoms with Gasteiger partial charge in [-0.25, -0.2) is 0 Å². The molecular formula is C23H21ClN2O4. The fourth-order valence-electron chi connectivity index (χ4n) is 2.55. The summed E-state index contributed by atoms with van der Waals surface area (Å²) in [5, 5.41) is 0.576. The highest BCUT2D eigenvalue weighted by Gasteiger charge is 2.08. The van der Waals surface area contributed by atoms with Gasteiger partial charge in [0, 0.05) is 17.0 Å². The Morgan fingerprint density at radius 2 is 1.40 bits per heavy atom. The molecule has 0 spiro atoms. The van der Waals surface area contributed by atoms with Gasteiger partial charge in [-0.3, -0.25) is 20.4 Å². The Kier molecular flexibility index (Phi) is 7.69. The number of hydrogen-bond donors (Lipinski definition) is 2. The minimum Gasteiger partial charge on any atom is -0.493 e. The standard InChI is InChI=1S/C23H21ClN2O4/c24-19-8-12-21(13-9-19)30-16-22(27)25-26-23(28)18-6-10-20(11-7-18)29-15-14-17-4-2-1-3-5-17/h1-13H,14-16H2,(H,25,27)(H,26,28). The Morgan fingerprint density at radius 1 is 0.767 bits per heavy atom. The van der Waals surface area contributed by atoms with Crippen LogP contribution in [0.15, 0.2) is 78.9 Å². The SMILES string of the molecule is O=C(COc1ccc(Cl)cc1)NNC(=O)c1ccc(OCCc2ccccc2)cc1. The van der Waals surface area contributed by atoms with Crippen molar-refractivity contribution in [3.63, 3.8) is 0 Å². The summed E-state index contributed by atoms with van der Waals surface area (Å²) in [6.45, 7) is 0.301. The molecule has 3 aromatic carbocycles. The first-order valence-corrected chi connectivity index (χ1v) is 9.72. The Hall–Kier alpha value is -3.51. The van der Waals surface area contributed by atoms with Crippen molar-refractivity contribution in [2.45, 2.75) is 6.42 Å². The number of hydrogen-bond acceptors (Lipinski definition) is 4. The van der Waals surface area contributed by atoms with Crippen LogP contribution in [-0.2, 0) is 11.2 Å². The summed E-state index contributed by atoms with van der Waals surface area (Å²) in [6, 6.07) is 23.4. The lowest BCUT2D eigenvalue weighted by Crippen LogP contribution is -2.43. The van der Waals surface area contributed by atoms with Crippen molar-refractivity contribution >= 4 is 23.4 Å². The van der Waals surface area contributed by atoms with Crippen LogP contribution >= 0.6 is 11.6 Å². The minimum absolute atomic E-state index is 0.240. The summed E-state index contributed by atoms with van der Waals surface area (Å²) in [5.74, 6) is 0.247. The lowest BCUT2D eigenvalue weighted by atomic mass is 10.2. The van der Waals surface area contributed by atoms with Gasteiger partial charge < -0.3 is 9.47 Å². The molecule has 6 nitrogen and oxygen atoms in total. The Morgan fingerprint density at radius 3 is 2.10 bits per heavy atom. The summed E-state index contributed by atoms with van der Waals surface area (Å²) in [6.07, 6.45) is 0.799. The van der Waals surface area contributed by atoms with E-state index in [1.165, 1.54) is 5.56 Å². The van der Waals surface area contributed by atoms with Gasteiger partial charge in [-0.2, -0.15) is 0 Å². The highest BCUT2D eigenvalue weighted by molar-refractivity contribution is 6.30. The van der Waals surface area contributed by atoms with E-state index in [0.717, 1.165) is 6.42 Å². The summed E-state index contributed by atoms with van der Waals surface area (Å²) < 4.78 is 11.0. The Balaban J connectivity index is 1.38. The van der Waals surface area contributed by atoms with E-state index in [2.05, 4.69) is 10.9 Å². The molecular weight excluding hydrogens is 404 g/mol. The summed E-state index contributed by atoms with van der Waals surface area (Å²) in [7, 11) is 0. The van der Waals surface area contributed by atoms with E-state index in [1.54, 1.807) is 48.5 Å². The maximum absolute atomic E-state index is 12.1. The molecule has 0 aliphatic rings. The molecule has 0 bridgehead atoms. The number of benzene rings is 3. The number of rotatable bonds is 8. The third kappa shape index (κ3) is 6.83. The molecule has 0 aliphatic carbocycles. The van der Waals surface area contributed by atoms with Gasteiger partial charge in [-0.05, 0) is 54.1 Å². The monoisotopic (exact) mass is 424 g/mol. The molecule has 3 rings (SSSR count). The summed E-state index contributed by atoms with van der Waals surface area (Å²) in [5.41, 5.74) is 6.25. The first kappa shape index (κ1) is 21.2. The van der Waals surface area contributed by atoms with Crippen molar-refractivity contribution in [2.24, 2.45) is 0 Å². The number of carbonyl (C=O) groups is 2. The third-order valence-corrected chi connectivity index (χ3v) is 4.37. The molecule has 0 atom stereocenters. The zero-order valence-corrected chi connectivity index (χ0v) is 16.9. The summed E-state index contributed by atoms with van der Waals surface area (Å²) in [4.78, 5) is 24.0. The molecule has 2 N–H and O–H groups in total. The fourth-order valence-corrected chi connectivity index (χ4v) is 2.67. The van der Waals surface area contributed by atoms with Crippen LogP contribution in [0.3, 0.4) is 0 Å². The summed E-state index contributed by atoms with van der Waals surface area (Å²) >= 11 is 5.79. The molecule has 3 aromatic rings. The number of carbonyl (C=O) groups excluding carboxylic acids is 2. The van der Waals surface area contributed by atoms with Crippen LogP contribution in [0.4, 0.5) is 0 Å². The van der Waals surface area contributed by atoms with Crippen LogP contribution in [0.25, 0.3) is 0 Å². The fraction of sp³-hybridized carbons (Fsp3) is 0.130. The molecule has 0 aromatic heterocycles. The number of hydrazine groups is 1. The minimum atomic E-state index is -0.487. The van der Waals surface area contributed by atoms with Crippen molar-refractivity contribution in [1.29, 1.82) is 0 Å². The molecule has 0 fully saturated rings. The van der Waals surface area contributed by atoms with E-state index in [1.807, 2.05) is 30.3 Å². The van der Waals surface area contributed by atoms with Gasteiger partial charge in [-0.1, -0.05) is 41.9 Å². The molecule has 30 heavy (non-hydrogen) atoms. The van der Waals surface area contributed by atoms with Crippen molar-refractivity contribution in [3.05, 3.63) is 95.0 Å². The number of ether oxygens (including phenoxy) is 2. The zero-order chi connectivity index (χ0) is 21.2. The van der Waals surface area contributed by atoms with Crippen molar-refractivity contribution < 1.29 is 19.1 Å². The molecule has 0 heterocycles. The van der Waals surface area contributed by atoms with Crippen LogP contribution in [0, 0.1) is 0 Å². The van der Waals surface area contributed by atoms with Crippen LogP contribution in [0.5, 0.6) is 11.5 Å². The van der Waals surface area contributed by atoms with Crippen LogP contribution in [0.1, 0.15) is 15.9 Å². The van der Waals surface area contributed by atoms with Gasteiger partial charge in [0.25, 0.3) is 11.8 Å². The Bertz CT molecular complexity index is 961. The Labute approximate surface area is 179 Å². The first-order valence-electron chi connectivity index (χ1n) is 9.34. The van der Waals surface area contributed by atoms with Gasteiger partial charge in [0.2, 0.25) is 0 Å². The quantitative estimate of drug-likeness (QED) is 0.539. The second-order valence-corrected chi connectivity index (χ2v) is 6.79. The van der Waals surface area contributed by atoms with E-state index in [0.29, 0.717) is 28.7 Å². The average Bonchev–Trinajstić information content (AvgIpc) is 2.78. The second kappa shape index (κ2) is 10.9. The van der Waals surface area contributed by atoms with Crippen molar-refractivity contribution in [1.82, 2.24) is 10.9 Å². The second-order valence-electron chi connectivity index (χ2n) is 6.35. The maximum Gasteiger partial charge on any atom is 0.276 e. The predicted octanol–water partition coefficient (Wildman–Crippen LogP) is 3.80. The van der Waals surface area contributed by atoms with E-state index < -0.39 is 11.8 Å². The van der Waals surface area contributed by atoms with Crippen molar-refractivity contribution in [3.8, 4) is 11.5 Å². The van der Waals surface area contributed by atoms with Gasteiger partial charge in [0.15, 0.2) is 6.61 Å². The van der Waals surface area contributed by atoms with Gasteiger partial charge in [0.05, 0.1) is 6.61 Å². The smallest absolute Gasteiger partial charge is 0.276 e. The molecule has 154 valence electrons. The molecule has 0 radical (unpaired) electrons. The van der Waals surface area contributed by atoms with E-state index in [4.69, 9.17) is 21.1 Å². The normalized spacial score (nSPS) is 10.2. The maximum atomic E-state index is 12.1. The lowest BCUT2D eigenvalue weighted by Gasteiger charge is -2.10. The topological polar surface area (TPSA) is 76.7 Å². The molecule has 0 saturated heterocycles.